The standard InChI is InChI=1S/C21H12O/c22-21-18-12-10-13-5-1-3-7-15(13)19(18)17-11-9-14-6-2-4-8-16(14)20(17)21/h1-12H. The maximum atomic E-state index is 12.9. The van der Waals surface area contributed by atoms with Gasteiger partial charge in [0.25, 0.3) is 0 Å². The van der Waals surface area contributed by atoms with E-state index < -0.39 is 0 Å². The molecule has 0 spiro atoms. The van der Waals surface area contributed by atoms with Crippen LogP contribution >= 0.6 is 0 Å². The molecule has 0 heterocycles. The van der Waals surface area contributed by atoms with Gasteiger partial charge in [-0.2, -0.15) is 0 Å². The molecule has 102 valence electrons. The van der Waals surface area contributed by atoms with Crippen molar-refractivity contribution in [2.24, 2.45) is 0 Å². The van der Waals surface area contributed by atoms with Crippen molar-refractivity contribution in [2.45, 2.75) is 0 Å². The van der Waals surface area contributed by atoms with Crippen LogP contribution in [-0.4, -0.2) is 5.78 Å². The average molecular weight is 280 g/mol. The van der Waals surface area contributed by atoms with Crippen LogP contribution in [0.2, 0.25) is 0 Å². The molecule has 0 saturated heterocycles. The molecule has 1 aliphatic rings. The molecule has 0 unspecified atom stereocenters. The lowest BCUT2D eigenvalue weighted by Gasteiger charge is -2.06. The minimum absolute atomic E-state index is 0.146. The van der Waals surface area contributed by atoms with Gasteiger partial charge in [0.2, 0.25) is 0 Å². The van der Waals surface area contributed by atoms with Crippen LogP contribution in [0.3, 0.4) is 0 Å². The predicted octanol–water partition coefficient (Wildman–Crippen LogP) is 5.20. The van der Waals surface area contributed by atoms with E-state index in [0.29, 0.717) is 0 Å². The molecule has 1 aliphatic carbocycles. The highest BCUT2D eigenvalue weighted by molar-refractivity contribution is 6.30. The monoisotopic (exact) mass is 280 g/mol. The highest BCUT2D eigenvalue weighted by Gasteiger charge is 2.29. The summed E-state index contributed by atoms with van der Waals surface area (Å²) < 4.78 is 0. The molecule has 0 bridgehead atoms. The van der Waals surface area contributed by atoms with Gasteiger partial charge in [-0.05, 0) is 33.2 Å². The summed E-state index contributed by atoms with van der Waals surface area (Å²) in [6.45, 7) is 0. The molecule has 0 N–H and O–H groups in total. The van der Waals surface area contributed by atoms with Gasteiger partial charge in [0.05, 0.1) is 0 Å². The van der Waals surface area contributed by atoms with E-state index >= 15 is 0 Å². The van der Waals surface area contributed by atoms with Gasteiger partial charge in [-0.15, -0.1) is 0 Å². The molecule has 0 aromatic heterocycles. The molecule has 5 rings (SSSR count). The first-order valence-electron chi connectivity index (χ1n) is 7.43. The Morgan fingerprint density at radius 3 is 1.73 bits per heavy atom. The Hall–Kier alpha value is -2.93. The Bertz CT molecular complexity index is 1090. The third kappa shape index (κ3) is 1.35. The van der Waals surface area contributed by atoms with E-state index in [4.69, 9.17) is 0 Å². The van der Waals surface area contributed by atoms with Crippen molar-refractivity contribution in [1.82, 2.24) is 0 Å². The molecule has 0 saturated carbocycles. The summed E-state index contributed by atoms with van der Waals surface area (Å²) in [5, 5.41) is 4.49. The van der Waals surface area contributed by atoms with E-state index in [2.05, 4.69) is 30.3 Å². The van der Waals surface area contributed by atoms with Crippen LogP contribution in [0.1, 0.15) is 15.9 Å². The summed E-state index contributed by atoms with van der Waals surface area (Å²) in [4.78, 5) is 12.9. The summed E-state index contributed by atoms with van der Waals surface area (Å²) in [5.74, 6) is 0.146. The SMILES string of the molecule is O=C1c2ccc3ccccc3c2-c2ccc3ccccc3c21. The summed E-state index contributed by atoms with van der Waals surface area (Å²) >= 11 is 0. The fourth-order valence-electron chi connectivity index (χ4n) is 3.61. The molecule has 0 amide bonds. The third-order valence-corrected chi connectivity index (χ3v) is 4.60. The molecule has 1 heteroatoms. The smallest absolute Gasteiger partial charge is 0.194 e. The first kappa shape index (κ1) is 11.7. The summed E-state index contributed by atoms with van der Waals surface area (Å²) in [5.41, 5.74) is 3.83. The van der Waals surface area contributed by atoms with Gasteiger partial charge in [-0.3, -0.25) is 4.79 Å². The number of benzene rings is 4. The summed E-state index contributed by atoms with van der Waals surface area (Å²) in [6.07, 6.45) is 0. The first-order chi connectivity index (χ1) is 10.8. The lowest BCUT2D eigenvalue weighted by Crippen LogP contribution is -1.96. The summed E-state index contributed by atoms with van der Waals surface area (Å²) in [7, 11) is 0. The van der Waals surface area contributed by atoms with Gasteiger partial charge in [-0.25, -0.2) is 0 Å². The number of hydrogen-bond acceptors (Lipinski definition) is 1. The number of ketones is 1. The molecular formula is C21H12O. The number of rotatable bonds is 0. The quantitative estimate of drug-likeness (QED) is 0.381. The lowest BCUT2D eigenvalue weighted by molar-refractivity contribution is 0.104. The molecular weight excluding hydrogens is 268 g/mol. The van der Waals surface area contributed by atoms with Crippen LogP contribution in [0.25, 0.3) is 32.7 Å². The molecule has 1 nitrogen and oxygen atoms in total. The van der Waals surface area contributed by atoms with Gasteiger partial charge >= 0.3 is 0 Å². The molecule has 4 aromatic rings. The highest BCUT2D eigenvalue weighted by Crippen LogP contribution is 2.43. The lowest BCUT2D eigenvalue weighted by atomic mass is 9.96. The van der Waals surface area contributed by atoms with E-state index in [1.165, 1.54) is 5.39 Å². The minimum Gasteiger partial charge on any atom is -0.289 e. The molecule has 0 fully saturated rings. The maximum Gasteiger partial charge on any atom is 0.194 e. The normalized spacial score (nSPS) is 12.6. The largest absolute Gasteiger partial charge is 0.289 e. The van der Waals surface area contributed by atoms with Crippen LogP contribution in [-0.2, 0) is 0 Å². The van der Waals surface area contributed by atoms with E-state index in [9.17, 15) is 4.79 Å². The van der Waals surface area contributed by atoms with Crippen molar-refractivity contribution in [3.8, 4) is 11.1 Å². The van der Waals surface area contributed by atoms with E-state index in [-0.39, 0.29) is 5.78 Å². The number of fused-ring (bicyclic) bond motifs is 7. The fraction of sp³-hybridized carbons (Fsp3) is 0. The minimum atomic E-state index is 0.146. The molecule has 0 radical (unpaired) electrons. The van der Waals surface area contributed by atoms with Crippen LogP contribution in [0.15, 0.2) is 72.8 Å². The Balaban J connectivity index is 1.99. The van der Waals surface area contributed by atoms with Gasteiger partial charge in [-0.1, -0.05) is 66.7 Å². The topological polar surface area (TPSA) is 17.1 Å². The van der Waals surface area contributed by atoms with Gasteiger partial charge in [0.1, 0.15) is 0 Å². The van der Waals surface area contributed by atoms with Crippen molar-refractivity contribution < 1.29 is 4.79 Å². The van der Waals surface area contributed by atoms with E-state index in [1.807, 2.05) is 42.5 Å². The number of carbonyl (C=O) groups is 1. The van der Waals surface area contributed by atoms with Gasteiger partial charge in [0.15, 0.2) is 5.78 Å². The first-order valence-corrected chi connectivity index (χ1v) is 7.43. The van der Waals surface area contributed by atoms with Crippen molar-refractivity contribution in [3.63, 3.8) is 0 Å². The van der Waals surface area contributed by atoms with Crippen molar-refractivity contribution in [3.05, 3.63) is 83.9 Å². The molecule has 0 aliphatic heterocycles. The Morgan fingerprint density at radius 2 is 1.05 bits per heavy atom. The summed E-state index contributed by atoms with van der Waals surface area (Å²) in [6, 6.07) is 24.6. The zero-order chi connectivity index (χ0) is 14.7. The molecule has 22 heavy (non-hydrogen) atoms. The molecule has 4 aromatic carbocycles. The van der Waals surface area contributed by atoms with Crippen molar-refractivity contribution in [1.29, 1.82) is 0 Å². The Labute approximate surface area is 127 Å². The predicted molar refractivity (Wildman–Crippen MR) is 90.3 cm³/mol. The molecule has 0 atom stereocenters. The second kappa shape index (κ2) is 4.05. The van der Waals surface area contributed by atoms with Gasteiger partial charge < -0.3 is 0 Å². The van der Waals surface area contributed by atoms with E-state index in [1.54, 1.807) is 0 Å². The average Bonchev–Trinajstić information content (AvgIpc) is 2.88. The van der Waals surface area contributed by atoms with E-state index in [0.717, 1.165) is 38.4 Å². The second-order valence-corrected chi connectivity index (χ2v) is 5.75. The fourth-order valence-corrected chi connectivity index (χ4v) is 3.61. The number of carbonyl (C=O) groups excluding carboxylic acids is 1. The van der Waals surface area contributed by atoms with Crippen molar-refractivity contribution in [2.75, 3.05) is 0 Å². The van der Waals surface area contributed by atoms with Crippen LogP contribution in [0.4, 0.5) is 0 Å². The number of hydrogen-bond donors (Lipinski definition) is 0. The highest BCUT2D eigenvalue weighted by atomic mass is 16.1. The van der Waals surface area contributed by atoms with Gasteiger partial charge in [0, 0.05) is 16.7 Å². The zero-order valence-corrected chi connectivity index (χ0v) is 11.8. The maximum absolute atomic E-state index is 12.9. The zero-order valence-electron chi connectivity index (χ0n) is 11.8. The van der Waals surface area contributed by atoms with Crippen molar-refractivity contribution >= 4 is 27.3 Å². The van der Waals surface area contributed by atoms with Crippen LogP contribution in [0.5, 0.6) is 0 Å². The van der Waals surface area contributed by atoms with Crippen LogP contribution < -0.4 is 0 Å². The second-order valence-electron chi connectivity index (χ2n) is 5.75. The Kier molecular flexibility index (Phi) is 2.15. The van der Waals surface area contributed by atoms with Crippen LogP contribution in [0, 0.1) is 0 Å². The third-order valence-electron chi connectivity index (χ3n) is 4.60. The Morgan fingerprint density at radius 1 is 0.500 bits per heavy atom.